The number of rotatable bonds is 6. The van der Waals surface area contributed by atoms with Crippen molar-refractivity contribution in [3.05, 3.63) is 0 Å². The number of piperidine rings is 1. The number of amides is 2. The number of urea groups is 1. The summed E-state index contributed by atoms with van der Waals surface area (Å²) in [5.74, 6) is -0.479. The lowest BCUT2D eigenvalue weighted by molar-refractivity contribution is -0.138. The lowest BCUT2D eigenvalue weighted by Gasteiger charge is -2.39. The highest BCUT2D eigenvalue weighted by Crippen LogP contribution is 2.39. The van der Waals surface area contributed by atoms with Crippen molar-refractivity contribution in [3.8, 4) is 0 Å². The third-order valence-corrected chi connectivity index (χ3v) is 4.99. The Morgan fingerprint density at radius 2 is 1.86 bits per heavy atom. The van der Waals surface area contributed by atoms with Gasteiger partial charge < -0.3 is 15.3 Å². The van der Waals surface area contributed by atoms with Gasteiger partial charge in [0.1, 0.15) is 0 Å². The van der Waals surface area contributed by atoms with Gasteiger partial charge in [-0.2, -0.15) is 0 Å². The second kappa shape index (κ2) is 7.14. The molecule has 2 bridgehead atoms. The molecule has 5 nitrogen and oxygen atoms in total. The van der Waals surface area contributed by atoms with Crippen LogP contribution >= 0.6 is 0 Å². The minimum atomic E-state index is -0.716. The molecule has 0 spiro atoms. The maximum absolute atomic E-state index is 12.5. The highest BCUT2D eigenvalue weighted by atomic mass is 16.4. The Kier molecular flexibility index (Phi) is 5.48. The molecule has 3 unspecified atom stereocenters. The van der Waals surface area contributed by atoms with Crippen LogP contribution in [0.1, 0.15) is 65.2 Å². The van der Waals surface area contributed by atoms with Gasteiger partial charge in [0.2, 0.25) is 0 Å². The summed E-state index contributed by atoms with van der Waals surface area (Å²) in [6, 6.07) is 0.815. The van der Waals surface area contributed by atoms with Crippen molar-refractivity contribution in [1.29, 1.82) is 0 Å². The van der Waals surface area contributed by atoms with Crippen LogP contribution in [-0.2, 0) is 4.79 Å². The summed E-state index contributed by atoms with van der Waals surface area (Å²) < 4.78 is 0. The molecule has 2 N–H and O–H groups in total. The largest absolute Gasteiger partial charge is 0.481 e. The van der Waals surface area contributed by atoms with Crippen molar-refractivity contribution >= 4 is 12.0 Å². The lowest BCUT2D eigenvalue weighted by Crippen LogP contribution is -2.53. The molecule has 0 saturated carbocycles. The average molecular weight is 296 g/mol. The maximum atomic E-state index is 12.5. The Hall–Kier alpha value is -1.26. The predicted octanol–water partition coefficient (Wildman–Crippen LogP) is 2.99. The van der Waals surface area contributed by atoms with Gasteiger partial charge in [-0.15, -0.1) is 0 Å². The quantitative estimate of drug-likeness (QED) is 0.791. The molecule has 3 atom stereocenters. The Morgan fingerprint density at radius 3 is 2.33 bits per heavy atom. The molecule has 2 fully saturated rings. The number of hydrogen-bond acceptors (Lipinski definition) is 2. The molecular formula is C16H28N2O3. The molecule has 0 aliphatic carbocycles. The van der Waals surface area contributed by atoms with E-state index in [1.54, 1.807) is 0 Å². The second-order valence-corrected chi connectivity index (χ2v) is 6.57. The van der Waals surface area contributed by atoms with Crippen molar-refractivity contribution in [1.82, 2.24) is 10.2 Å². The zero-order valence-corrected chi connectivity index (χ0v) is 13.2. The van der Waals surface area contributed by atoms with E-state index in [0.29, 0.717) is 0 Å². The van der Waals surface area contributed by atoms with Crippen LogP contribution in [0.2, 0.25) is 0 Å². The summed E-state index contributed by atoms with van der Waals surface area (Å²) in [4.78, 5) is 25.4. The zero-order valence-electron chi connectivity index (χ0n) is 13.2. The first-order valence-electron chi connectivity index (χ1n) is 8.35. The fraction of sp³-hybridized carbons (Fsp3) is 0.875. The summed E-state index contributed by atoms with van der Waals surface area (Å²) in [7, 11) is 0. The van der Waals surface area contributed by atoms with Crippen LogP contribution in [0, 0.1) is 5.92 Å². The SMILES string of the molecule is CCCC(CC)NC(=O)N1C2CCC1CC(CC(=O)O)C2. The fourth-order valence-corrected chi connectivity index (χ4v) is 4.01. The van der Waals surface area contributed by atoms with Gasteiger partial charge in [0.15, 0.2) is 0 Å². The molecule has 2 rings (SSSR count). The van der Waals surface area contributed by atoms with Crippen LogP contribution in [0.25, 0.3) is 0 Å². The van der Waals surface area contributed by atoms with E-state index >= 15 is 0 Å². The Bertz CT molecular complexity index is 372. The Labute approximate surface area is 127 Å². The summed E-state index contributed by atoms with van der Waals surface area (Å²) in [6.45, 7) is 4.24. The molecule has 0 aromatic carbocycles. The number of carboxylic acid groups (broad SMARTS) is 1. The molecule has 0 aromatic rings. The number of nitrogens with zero attached hydrogens (tertiary/aromatic N) is 1. The molecular weight excluding hydrogens is 268 g/mol. The molecule has 2 heterocycles. The summed E-state index contributed by atoms with van der Waals surface area (Å²) in [5.41, 5.74) is 0. The normalized spacial score (nSPS) is 29.2. The van der Waals surface area contributed by atoms with Crippen LogP contribution in [0.5, 0.6) is 0 Å². The zero-order chi connectivity index (χ0) is 15.4. The smallest absolute Gasteiger partial charge is 0.318 e. The van der Waals surface area contributed by atoms with Crippen molar-refractivity contribution in [2.24, 2.45) is 5.92 Å². The van der Waals surface area contributed by atoms with E-state index in [9.17, 15) is 9.59 Å². The highest BCUT2D eigenvalue weighted by Gasteiger charge is 2.43. The van der Waals surface area contributed by atoms with E-state index in [4.69, 9.17) is 5.11 Å². The van der Waals surface area contributed by atoms with Gasteiger partial charge in [0.25, 0.3) is 0 Å². The molecule has 120 valence electrons. The van der Waals surface area contributed by atoms with Crippen LogP contribution in [0.3, 0.4) is 0 Å². The number of carbonyl (C=O) groups is 2. The Morgan fingerprint density at radius 1 is 1.24 bits per heavy atom. The van der Waals surface area contributed by atoms with Gasteiger partial charge in [-0.05, 0) is 44.4 Å². The third-order valence-electron chi connectivity index (χ3n) is 4.99. The standard InChI is InChI=1S/C16H28N2O3/c1-3-5-12(4-2)17-16(21)18-13-6-7-14(18)9-11(8-13)10-15(19)20/h11-14H,3-10H2,1-2H3,(H,17,21)(H,19,20). The second-order valence-electron chi connectivity index (χ2n) is 6.57. The minimum absolute atomic E-state index is 0.0663. The number of aliphatic carboxylic acids is 1. The van der Waals surface area contributed by atoms with Crippen LogP contribution in [0.4, 0.5) is 4.79 Å². The van der Waals surface area contributed by atoms with E-state index in [-0.39, 0.29) is 36.5 Å². The van der Waals surface area contributed by atoms with Crippen molar-refractivity contribution < 1.29 is 14.7 Å². The number of carboxylic acids is 1. The molecule has 0 aromatic heterocycles. The maximum Gasteiger partial charge on any atom is 0.318 e. The van der Waals surface area contributed by atoms with Crippen LogP contribution in [0.15, 0.2) is 0 Å². The van der Waals surface area contributed by atoms with E-state index in [1.165, 1.54) is 0 Å². The number of fused-ring (bicyclic) bond motifs is 2. The molecule has 2 aliphatic rings. The van der Waals surface area contributed by atoms with Crippen molar-refractivity contribution in [3.63, 3.8) is 0 Å². The first-order chi connectivity index (χ1) is 10.0. The third kappa shape index (κ3) is 3.89. The fourth-order valence-electron chi connectivity index (χ4n) is 4.01. The first-order valence-corrected chi connectivity index (χ1v) is 8.35. The summed E-state index contributed by atoms with van der Waals surface area (Å²) in [6.07, 6.45) is 7.05. The molecule has 0 radical (unpaired) electrons. The predicted molar refractivity (Wildman–Crippen MR) is 81.1 cm³/mol. The van der Waals surface area contributed by atoms with Gasteiger partial charge in [0.05, 0.1) is 0 Å². The summed E-state index contributed by atoms with van der Waals surface area (Å²) in [5, 5.41) is 12.1. The van der Waals surface area contributed by atoms with Crippen molar-refractivity contribution in [2.45, 2.75) is 83.3 Å². The van der Waals surface area contributed by atoms with Gasteiger partial charge in [-0.25, -0.2) is 4.79 Å². The van der Waals surface area contributed by atoms with Gasteiger partial charge in [0, 0.05) is 24.5 Å². The van der Waals surface area contributed by atoms with Crippen LogP contribution in [-0.4, -0.2) is 40.1 Å². The average Bonchev–Trinajstić information content (AvgIpc) is 2.69. The topological polar surface area (TPSA) is 69.6 Å². The van der Waals surface area contributed by atoms with Gasteiger partial charge in [-0.1, -0.05) is 20.3 Å². The molecule has 5 heteroatoms. The minimum Gasteiger partial charge on any atom is -0.481 e. The monoisotopic (exact) mass is 296 g/mol. The molecule has 2 saturated heterocycles. The van der Waals surface area contributed by atoms with E-state index in [2.05, 4.69) is 19.2 Å². The number of nitrogens with one attached hydrogen (secondary N) is 1. The van der Waals surface area contributed by atoms with E-state index in [1.807, 2.05) is 4.90 Å². The van der Waals surface area contributed by atoms with Gasteiger partial charge in [-0.3, -0.25) is 4.79 Å². The van der Waals surface area contributed by atoms with Gasteiger partial charge >= 0.3 is 12.0 Å². The highest BCUT2D eigenvalue weighted by molar-refractivity contribution is 5.76. The van der Waals surface area contributed by atoms with Crippen molar-refractivity contribution in [2.75, 3.05) is 0 Å². The van der Waals surface area contributed by atoms with Crippen LogP contribution < -0.4 is 5.32 Å². The molecule has 21 heavy (non-hydrogen) atoms. The number of carbonyl (C=O) groups excluding carboxylic acids is 1. The van der Waals surface area contributed by atoms with E-state index in [0.717, 1.165) is 44.9 Å². The first kappa shape index (κ1) is 16.1. The number of hydrogen-bond donors (Lipinski definition) is 2. The Balaban J connectivity index is 1.93. The lowest BCUT2D eigenvalue weighted by atomic mass is 9.88. The molecule has 2 amide bonds. The molecule has 2 aliphatic heterocycles. The summed E-state index contributed by atoms with van der Waals surface area (Å²) >= 11 is 0. The van der Waals surface area contributed by atoms with E-state index < -0.39 is 5.97 Å².